The number of hydrogen-bond acceptors (Lipinski definition) is 3. The van der Waals surface area contributed by atoms with Gasteiger partial charge in [0, 0.05) is 23.9 Å². The van der Waals surface area contributed by atoms with Gasteiger partial charge in [0.1, 0.15) is 23.1 Å². The average Bonchev–Trinajstić information content (AvgIpc) is 2.75. The van der Waals surface area contributed by atoms with Crippen LogP contribution in [0, 0.1) is 11.6 Å². The van der Waals surface area contributed by atoms with Gasteiger partial charge in [-0.25, -0.2) is 8.78 Å². The number of aliphatic hydroxyl groups is 1. The Morgan fingerprint density at radius 1 is 0.824 bits per heavy atom. The first-order chi connectivity index (χ1) is 15.8. The summed E-state index contributed by atoms with van der Waals surface area (Å²) in [5, 5.41) is 9.57. The van der Waals surface area contributed by atoms with E-state index in [9.17, 15) is 40.2 Å². The summed E-state index contributed by atoms with van der Waals surface area (Å²) in [5.74, 6) is -1.25. The molecule has 3 nitrogen and oxygen atoms in total. The second kappa shape index (κ2) is 9.88. The Bertz CT molecular complexity index is 1110. The predicted molar refractivity (Wildman–Crippen MR) is 107 cm³/mol. The number of benzene rings is 3. The van der Waals surface area contributed by atoms with E-state index in [-0.39, 0.29) is 17.2 Å². The smallest absolute Gasteiger partial charge is 0.416 e. The summed E-state index contributed by atoms with van der Waals surface area (Å²) in [5.41, 5.74) is -1.68. The minimum atomic E-state index is -5.02. The Labute approximate surface area is 188 Å². The van der Waals surface area contributed by atoms with E-state index < -0.39 is 54.3 Å². The van der Waals surface area contributed by atoms with Crippen molar-refractivity contribution in [2.75, 3.05) is 11.4 Å². The Morgan fingerprint density at radius 2 is 1.50 bits per heavy atom. The zero-order valence-corrected chi connectivity index (χ0v) is 17.2. The van der Waals surface area contributed by atoms with Gasteiger partial charge in [-0.15, -0.1) is 0 Å². The molecule has 1 N–H and O–H groups in total. The molecule has 0 heterocycles. The molecule has 182 valence electrons. The zero-order chi connectivity index (χ0) is 25.1. The Hall–Kier alpha value is -3.34. The molecule has 0 aliphatic carbocycles. The highest BCUT2D eigenvalue weighted by Gasteiger charge is 2.39. The first-order valence-corrected chi connectivity index (χ1v) is 9.72. The molecule has 0 amide bonds. The van der Waals surface area contributed by atoms with Gasteiger partial charge in [-0.1, -0.05) is 6.07 Å². The third kappa shape index (κ3) is 6.60. The quantitative estimate of drug-likeness (QED) is 0.373. The van der Waals surface area contributed by atoms with Crippen LogP contribution >= 0.6 is 0 Å². The monoisotopic (exact) mass is 491 g/mol. The van der Waals surface area contributed by atoms with Crippen LogP contribution < -0.4 is 9.64 Å². The molecule has 0 radical (unpaired) electrons. The average molecular weight is 491 g/mol. The largest absolute Gasteiger partial charge is 0.457 e. The summed E-state index contributed by atoms with van der Waals surface area (Å²) in [6.45, 7) is -1.79. The van der Waals surface area contributed by atoms with Crippen molar-refractivity contribution in [1.82, 2.24) is 0 Å². The highest BCUT2D eigenvalue weighted by Crippen LogP contribution is 2.33. The molecule has 3 aromatic carbocycles. The molecule has 0 saturated carbocycles. The number of hydrogen-bond donors (Lipinski definition) is 1. The normalized spacial score (nSPS) is 13.0. The van der Waals surface area contributed by atoms with Crippen LogP contribution in [0.25, 0.3) is 0 Å². The fraction of sp³-hybridized carbons (Fsp3) is 0.217. The van der Waals surface area contributed by atoms with Gasteiger partial charge in [0.15, 0.2) is 6.10 Å². The van der Waals surface area contributed by atoms with Gasteiger partial charge >= 0.3 is 12.4 Å². The molecule has 0 aliphatic rings. The summed E-state index contributed by atoms with van der Waals surface area (Å²) in [6.07, 6.45) is -12.7. The van der Waals surface area contributed by atoms with Gasteiger partial charge in [-0.05, 0) is 54.6 Å². The van der Waals surface area contributed by atoms with E-state index >= 15 is 0 Å². The van der Waals surface area contributed by atoms with E-state index in [1.807, 2.05) is 0 Å². The third-order valence-electron chi connectivity index (χ3n) is 4.74. The van der Waals surface area contributed by atoms with Crippen molar-refractivity contribution in [2.24, 2.45) is 0 Å². The van der Waals surface area contributed by atoms with Crippen molar-refractivity contribution in [3.63, 3.8) is 0 Å². The molecule has 0 spiro atoms. The van der Waals surface area contributed by atoms with Gasteiger partial charge in [0.2, 0.25) is 0 Å². The molecule has 0 bridgehead atoms. The van der Waals surface area contributed by atoms with Crippen LogP contribution in [-0.4, -0.2) is 23.9 Å². The maximum Gasteiger partial charge on any atom is 0.416 e. The molecule has 0 aromatic heterocycles. The number of alkyl halides is 6. The van der Waals surface area contributed by atoms with Crippen LogP contribution in [0.2, 0.25) is 0 Å². The van der Waals surface area contributed by atoms with E-state index in [1.54, 1.807) is 0 Å². The van der Waals surface area contributed by atoms with E-state index in [1.165, 1.54) is 36.4 Å². The van der Waals surface area contributed by atoms with E-state index in [0.717, 1.165) is 17.0 Å². The molecule has 0 unspecified atom stereocenters. The first kappa shape index (κ1) is 25.3. The second-order valence-electron chi connectivity index (χ2n) is 7.30. The van der Waals surface area contributed by atoms with Gasteiger partial charge in [-0.3, -0.25) is 0 Å². The van der Waals surface area contributed by atoms with Crippen molar-refractivity contribution in [3.8, 4) is 11.5 Å². The van der Waals surface area contributed by atoms with Gasteiger partial charge in [0.25, 0.3) is 0 Å². The zero-order valence-electron chi connectivity index (χ0n) is 17.2. The molecule has 3 aromatic rings. The number of ether oxygens (including phenoxy) is 1. The molecule has 0 fully saturated rings. The van der Waals surface area contributed by atoms with Crippen LogP contribution in [-0.2, 0) is 12.7 Å². The molecule has 3 rings (SSSR count). The van der Waals surface area contributed by atoms with Crippen molar-refractivity contribution in [3.05, 3.63) is 89.5 Å². The number of rotatable bonds is 7. The number of aliphatic hydroxyl groups excluding tert-OH is 1. The summed E-state index contributed by atoms with van der Waals surface area (Å²) in [7, 11) is 0. The Morgan fingerprint density at radius 3 is 2.12 bits per heavy atom. The lowest BCUT2D eigenvalue weighted by atomic mass is 10.1. The fourth-order valence-electron chi connectivity index (χ4n) is 3.03. The van der Waals surface area contributed by atoms with E-state index in [0.29, 0.717) is 18.2 Å². The van der Waals surface area contributed by atoms with Crippen molar-refractivity contribution in [2.45, 2.75) is 25.0 Å². The summed E-state index contributed by atoms with van der Waals surface area (Å²) in [6, 6.07) is 11.9. The lowest BCUT2D eigenvalue weighted by Crippen LogP contribution is -2.41. The molecule has 11 heteroatoms. The van der Waals surface area contributed by atoms with Gasteiger partial charge in [0.05, 0.1) is 12.1 Å². The van der Waals surface area contributed by atoms with Gasteiger partial charge < -0.3 is 14.7 Å². The molecule has 34 heavy (non-hydrogen) atoms. The molecular weight excluding hydrogens is 474 g/mol. The molecule has 0 aliphatic heterocycles. The summed E-state index contributed by atoms with van der Waals surface area (Å²) >= 11 is 0. The maximum atomic E-state index is 14.3. The number of nitrogens with zero attached hydrogens (tertiary/aromatic N) is 1. The molecule has 0 saturated heterocycles. The SMILES string of the molecule is O[C@H](CN(Cc1cc(C(F)(F)F)ccc1F)c1cccc(Oc2ccc(F)cc2)c1)C(F)(F)F. The van der Waals surface area contributed by atoms with Crippen LogP contribution in [0.1, 0.15) is 11.1 Å². The van der Waals surface area contributed by atoms with Crippen LogP contribution in [0.15, 0.2) is 66.7 Å². The third-order valence-corrected chi connectivity index (χ3v) is 4.74. The summed E-state index contributed by atoms with van der Waals surface area (Å²) in [4.78, 5) is 0.883. The van der Waals surface area contributed by atoms with Gasteiger partial charge in [-0.2, -0.15) is 26.3 Å². The minimum absolute atomic E-state index is 0.0136. The van der Waals surface area contributed by atoms with Crippen LogP contribution in [0.3, 0.4) is 0 Å². The molecule has 1 atom stereocenters. The fourth-order valence-corrected chi connectivity index (χ4v) is 3.03. The topological polar surface area (TPSA) is 32.7 Å². The van der Waals surface area contributed by atoms with Crippen molar-refractivity contribution < 1.29 is 45.0 Å². The van der Waals surface area contributed by atoms with E-state index in [4.69, 9.17) is 4.74 Å². The number of halogens is 8. The Balaban J connectivity index is 1.94. The highest BCUT2D eigenvalue weighted by atomic mass is 19.4. The van der Waals surface area contributed by atoms with E-state index in [2.05, 4.69) is 0 Å². The minimum Gasteiger partial charge on any atom is -0.457 e. The predicted octanol–water partition coefficient (Wildman–Crippen LogP) is 6.71. The summed E-state index contributed by atoms with van der Waals surface area (Å²) < 4.78 is 111. The Kier molecular flexibility index (Phi) is 7.35. The van der Waals surface area contributed by atoms with Crippen LogP contribution in [0.5, 0.6) is 11.5 Å². The van der Waals surface area contributed by atoms with Crippen molar-refractivity contribution in [1.29, 1.82) is 0 Å². The molecular formula is C23H17F8NO2. The lowest BCUT2D eigenvalue weighted by molar-refractivity contribution is -0.200. The first-order valence-electron chi connectivity index (χ1n) is 9.72. The lowest BCUT2D eigenvalue weighted by Gasteiger charge is -2.29. The van der Waals surface area contributed by atoms with Crippen LogP contribution in [0.4, 0.5) is 40.8 Å². The maximum absolute atomic E-state index is 14.3. The second-order valence-corrected chi connectivity index (χ2v) is 7.30. The number of anilines is 1. The highest BCUT2D eigenvalue weighted by molar-refractivity contribution is 5.52. The van der Waals surface area contributed by atoms with Crippen molar-refractivity contribution >= 4 is 5.69 Å². The standard InChI is InChI=1S/C23H17F8NO2/c24-16-5-7-18(8-6-16)34-19-3-1-2-17(11-19)32(13-21(33)23(29,30)31)12-14-10-15(22(26,27)28)4-9-20(14)25/h1-11,21,33H,12-13H2/t21-/m1/s1.